The van der Waals surface area contributed by atoms with Crippen LogP contribution in [0, 0.1) is 0 Å². The number of allylic oxidation sites excluding steroid dienone is 5. The molecule has 0 unspecified atom stereocenters. The Morgan fingerprint density at radius 2 is 1.67 bits per heavy atom. The number of quaternary nitrogens is 1. The Kier molecular flexibility index (Phi) is 4.59. The van der Waals surface area contributed by atoms with Crippen molar-refractivity contribution in [2.45, 2.75) is 19.3 Å². The van der Waals surface area contributed by atoms with E-state index in [0.717, 1.165) is 0 Å². The van der Waals surface area contributed by atoms with Crippen molar-refractivity contribution < 1.29 is 9.48 Å². The average molecular weight is 282 g/mol. The largest absolute Gasteiger partial charge is 0.314 e. The smallest absolute Gasteiger partial charge is 0.209 e. The molecule has 0 bridgehead atoms. The minimum absolute atomic E-state index is 0.0549. The molecule has 0 fully saturated rings. The van der Waals surface area contributed by atoms with Gasteiger partial charge >= 0.3 is 0 Å². The zero-order valence-corrected chi connectivity index (χ0v) is 13.7. The van der Waals surface area contributed by atoms with Gasteiger partial charge in [0.2, 0.25) is 5.69 Å². The molecule has 110 valence electrons. The topological polar surface area (TPSA) is 7.45 Å². The average Bonchev–Trinajstić information content (AvgIpc) is 2.63. The van der Waals surface area contributed by atoms with Crippen molar-refractivity contribution in [1.82, 2.24) is 0 Å². The maximum atomic E-state index is 2.29. The van der Waals surface area contributed by atoms with Gasteiger partial charge in [-0.1, -0.05) is 36.4 Å². The van der Waals surface area contributed by atoms with Crippen molar-refractivity contribution >= 4 is 11.4 Å². The third kappa shape index (κ3) is 3.22. The van der Waals surface area contributed by atoms with E-state index in [1.165, 1.54) is 21.9 Å². The third-order valence-corrected chi connectivity index (χ3v) is 3.96. The van der Waals surface area contributed by atoms with Gasteiger partial charge in [0.05, 0.1) is 25.7 Å². The molecule has 1 aliphatic rings. The summed E-state index contributed by atoms with van der Waals surface area (Å²) in [5.74, 6) is 0. The lowest BCUT2D eigenvalue weighted by atomic mass is 9.81. The Bertz CT molecular complexity index is 629. The second-order valence-electron chi connectivity index (χ2n) is 6.27. The lowest BCUT2D eigenvalue weighted by molar-refractivity contribution is -0.801. The van der Waals surface area contributed by atoms with Crippen LogP contribution in [0.5, 0.6) is 0 Å². The first-order chi connectivity index (χ1) is 9.94. The highest BCUT2D eigenvalue weighted by atomic mass is 15.0. The monoisotopic (exact) mass is 282 g/mol. The Morgan fingerprint density at radius 3 is 2.33 bits per heavy atom. The number of fused-ring (bicyclic) bond motifs is 1. The maximum Gasteiger partial charge on any atom is 0.209 e. The number of para-hydroxylation sites is 1. The Hall–Kier alpha value is -1.93. The first kappa shape index (κ1) is 15.5. The Morgan fingerprint density at radius 1 is 1.00 bits per heavy atom. The van der Waals surface area contributed by atoms with Crippen LogP contribution in [0.25, 0.3) is 0 Å². The van der Waals surface area contributed by atoms with Gasteiger partial charge in [-0.25, -0.2) is 0 Å². The fourth-order valence-corrected chi connectivity index (χ4v) is 2.82. The molecular weight excluding hydrogens is 256 g/mol. The molecule has 2 heteroatoms. The van der Waals surface area contributed by atoms with E-state index in [2.05, 4.69) is 100 Å². The summed E-state index contributed by atoms with van der Waals surface area (Å²) in [6, 6.07) is 8.64. The summed E-state index contributed by atoms with van der Waals surface area (Å²) in [5, 5.41) is 0. The third-order valence-electron chi connectivity index (χ3n) is 3.96. The molecule has 0 radical (unpaired) electrons. The molecular formula is C19H26N2+2. The van der Waals surface area contributed by atoms with E-state index in [0.29, 0.717) is 0 Å². The van der Waals surface area contributed by atoms with Gasteiger partial charge in [-0.2, -0.15) is 4.58 Å². The molecule has 1 aromatic rings. The summed E-state index contributed by atoms with van der Waals surface area (Å²) < 4.78 is 2.29. The molecule has 0 saturated carbocycles. The molecule has 0 amide bonds. The van der Waals surface area contributed by atoms with E-state index in [1.54, 1.807) is 0 Å². The summed E-state index contributed by atoms with van der Waals surface area (Å²) in [4.78, 5) is 1.31. The summed E-state index contributed by atoms with van der Waals surface area (Å²) in [6.07, 6.45) is 12.7. The highest BCUT2D eigenvalue weighted by Crippen LogP contribution is 2.38. The molecule has 0 aliphatic carbocycles. The molecule has 2 nitrogen and oxygen atoms in total. The zero-order chi connectivity index (χ0) is 15.5. The molecule has 1 aliphatic heterocycles. The molecule has 1 aromatic carbocycles. The molecule has 0 aromatic heterocycles. The summed E-state index contributed by atoms with van der Waals surface area (Å²) in [6.45, 7) is 4.57. The highest BCUT2D eigenvalue weighted by molar-refractivity contribution is 6.03. The molecule has 0 saturated heterocycles. The minimum atomic E-state index is 0.0549. The van der Waals surface area contributed by atoms with Crippen molar-refractivity contribution in [3.8, 4) is 0 Å². The quantitative estimate of drug-likeness (QED) is 0.641. The van der Waals surface area contributed by atoms with Gasteiger partial charge in [0, 0.05) is 17.7 Å². The number of rotatable bonds is 4. The van der Waals surface area contributed by atoms with E-state index in [4.69, 9.17) is 0 Å². The number of benzene rings is 1. The number of hydrogen-bond donors (Lipinski definition) is 1. The maximum absolute atomic E-state index is 2.29. The Labute approximate surface area is 128 Å². The van der Waals surface area contributed by atoms with Crippen molar-refractivity contribution in [1.29, 1.82) is 0 Å². The molecule has 21 heavy (non-hydrogen) atoms. The van der Waals surface area contributed by atoms with E-state index < -0.39 is 0 Å². The van der Waals surface area contributed by atoms with E-state index in [9.17, 15) is 0 Å². The van der Waals surface area contributed by atoms with Crippen molar-refractivity contribution in [2.75, 3.05) is 21.1 Å². The molecule has 2 rings (SSSR count). The van der Waals surface area contributed by atoms with Gasteiger partial charge in [0.25, 0.3) is 0 Å². The van der Waals surface area contributed by atoms with Crippen LogP contribution in [0.4, 0.5) is 5.69 Å². The minimum Gasteiger partial charge on any atom is -0.314 e. The van der Waals surface area contributed by atoms with Crippen LogP contribution in [-0.4, -0.2) is 31.4 Å². The highest BCUT2D eigenvalue weighted by Gasteiger charge is 2.42. The van der Waals surface area contributed by atoms with E-state index in [-0.39, 0.29) is 5.41 Å². The number of hydrogen-bond acceptors (Lipinski definition) is 0. The fourth-order valence-electron chi connectivity index (χ4n) is 2.82. The molecule has 1 N–H and O–H groups in total. The molecule has 0 atom stereocenters. The van der Waals surface area contributed by atoms with Crippen molar-refractivity contribution in [2.24, 2.45) is 0 Å². The normalized spacial score (nSPS) is 17.8. The SMILES string of the molecule is C[N+]1=C(/C=C/C=C/C=C/[NH+](C)C)C(C)(C)c2ccccc21. The van der Waals surface area contributed by atoms with Gasteiger partial charge in [0.1, 0.15) is 7.05 Å². The first-order valence-electron chi connectivity index (χ1n) is 7.47. The van der Waals surface area contributed by atoms with Crippen molar-refractivity contribution in [3.63, 3.8) is 0 Å². The number of nitrogens with zero attached hydrogens (tertiary/aromatic N) is 1. The first-order valence-corrected chi connectivity index (χ1v) is 7.47. The van der Waals surface area contributed by atoms with E-state index >= 15 is 0 Å². The van der Waals surface area contributed by atoms with Gasteiger partial charge in [-0.3, -0.25) is 0 Å². The van der Waals surface area contributed by atoms with Gasteiger partial charge < -0.3 is 4.90 Å². The van der Waals surface area contributed by atoms with E-state index in [1.807, 2.05) is 0 Å². The summed E-state index contributed by atoms with van der Waals surface area (Å²) in [5.41, 5.74) is 4.09. The van der Waals surface area contributed by atoms with Gasteiger partial charge in [-0.05, 0) is 19.9 Å². The van der Waals surface area contributed by atoms with Crippen LogP contribution >= 0.6 is 0 Å². The van der Waals surface area contributed by atoms with Gasteiger partial charge in [0.15, 0.2) is 5.71 Å². The second-order valence-corrected chi connectivity index (χ2v) is 6.27. The predicted octanol–water partition coefficient (Wildman–Crippen LogP) is 2.46. The molecule has 0 spiro atoms. The fraction of sp³-hybridized carbons (Fsp3) is 0.316. The lowest BCUT2D eigenvalue weighted by Crippen LogP contribution is -3.00. The Balaban J connectivity index is 2.20. The van der Waals surface area contributed by atoms with Crippen molar-refractivity contribution in [3.05, 3.63) is 66.4 Å². The van der Waals surface area contributed by atoms with Crippen LogP contribution in [0.15, 0.2) is 60.8 Å². The van der Waals surface area contributed by atoms with Gasteiger partial charge in [-0.15, -0.1) is 0 Å². The van der Waals surface area contributed by atoms with Crippen LogP contribution in [0.1, 0.15) is 19.4 Å². The lowest BCUT2D eigenvalue weighted by Gasteiger charge is -2.14. The standard InChI is InChI=1S/C19H25N2/c1-19(2)16-12-9-10-13-17(16)21(5)18(19)14-8-6-7-11-15-20(3)4/h6-15H,1-5H3/q+1/p+1. The second kappa shape index (κ2) is 6.23. The van der Waals surface area contributed by atoms with Crippen LogP contribution in [0.3, 0.4) is 0 Å². The molecule has 1 heterocycles. The zero-order valence-electron chi connectivity index (χ0n) is 13.7. The predicted molar refractivity (Wildman–Crippen MR) is 90.6 cm³/mol. The van der Waals surface area contributed by atoms with Crippen LogP contribution < -0.4 is 4.90 Å². The summed E-state index contributed by atoms with van der Waals surface area (Å²) >= 11 is 0. The van der Waals surface area contributed by atoms with Crippen LogP contribution in [0.2, 0.25) is 0 Å². The van der Waals surface area contributed by atoms with Crippen LogP contribution in [-0.2, 0) is 5.41 Å². The number of nitrogens with one attached hydrogen (secondary N) is 1. The summed E-state index contributed by atoms with van der Waals surface area (Å²) in [7, 11) is 6.35.